The van der Waals surface area contributed by atoms with Gasteiger partial charge >= 0.3 is 17.9 Å². The van der Waals surface area contributed by atoms with Crippen LogP contribution in [-0.2, 0) is 28.6 Å². The van der Waals surface area contributed by atoms with Crippen molar-refractivity contribution in [1.29, 1.82) is 0 Å². The third-order valence-corrected chi connectivity index (χ3v) is 13.4. The number of ether oxygens (including phenoxy) is 3. The molecule has 0 aliphatic rings. The molecule has 0 aromatic rings. The first-order chi connectivity index (χ1) is 36.0. The summed E-state index contributed by atoms with van der Waals surface area (Å²) < 4.78 is 16.9. The highest BCUT2D eigenvalue weighted by Crippen LogP contribution is 2.16. The minimum atomic E-state index is -0.783. The fourth-order valence-corrected chi connectivity index (χ4v) is 8.74. The SMILES string of the molecule is CC/C=C\C/C=C\C/C=C\C/C=C\C/C=C\CCCCCCCCCC(=O)OCC(COC(=O)CCCCCCCCCCCCCCC)OC(=O)CCCCCCCCCCC/C=C\C/C=C\CCCCC. The van der Waals surface area contributed by atoms with Crippen molar-refractivity contribution >= 4 is 17.9 Å². The summed E-state index contributed by atoms with van der Waals surface area (Å²) in [6.45, 7) is 6.52. The van der Waals surface area contributed by atoms with Gasteiger partial charge < -0.3 is 14.2 Å². The van der Waals surface area contributed by atoms with Crippen LogP contribution in [-0.4, -0.2) is 37.2 Å². The van der Waals surface area contributed by atoms with Gasteiger partial charge in [-0.25, -0.2) is 0 Å². The molecule has 0 bridgehead atoms. The molecular weight excluding hydrogens is 901 g/mol. The Kier molecular flexibility index (Phi) is 58.3. The molecule has 73 heavy (non-hydrogen) atoms. The van der Waals surface area contributed by atoms with Gasteiger partial charge in [0.1, 0.15) is 13.2 Å². The molecule has 420 valence electrons. The van der Waals surface area contributed by atoms with Crippen LogP contribution in [0, 0.1) is 0 Å². The fraction of sp³-hybridized carbons (Fsp3) is 0.746. The van der Waals surface area contributed by atoms with Gasteiger partial charge in [0.2, 0.25) is 0 Å². The highest BCUT2D eigenvalue weighted by molar-refractivity contribution is 5.71. The second-order valence-corrected chi connectivity index (χ2v) is 20.6. The van der Waals surface area contributed by atoms with Crippen LogP contribution in [0.5, 0.6) is 0 Å². The zero-order valence-electron chi connectivity index (χ0n) is 48.1. The van der Waals surface area contributed by atoms with E-state index < -0.39 is 6.10 Å². The van der Waals surface area contributed by atoms with Crippen molar-refractivity contribution in [3.8, 4) is 0 Å². The molecule has 1 unspecified atom stereocenters. The van der Waals surface area contributed by atoms with Crippen LogP contribution >= 0.6 is 0 Å². The Morgan fingerprint density at radius 3 is 0.863 bits per heavy atom. The molecule has 0 rings (SSSR count). The Labute approximate surface area is 452 Å². The lowest BCUT2D eigenvalue weighted by molar-refractivity contribution is -0.167. The maximum absolute atomic E-state index is 12.9. The first-order valence-corrected chi connectivity index (χ1v) is 31.1. The van der Waals surface area contributed by atoms with Gasteiger partial charge in [-0.2, -0.15) is 0 Å². The van der Waals surface area contributed by atoms with Crippen molar-refractivity contribution in [3.05, 3.63) is 85.1 Å². The van der Waals surface area contributed by atoms with Gasteiger partial charge in [-0.05, 0) is 96.3 Å². The summed E-state index contributed by atoms with van der Waals surface area (Å²) in [6.07, 6.45) is 80.0. The predicted octanol–water partition coefficient (Wildman–Crippen LogP) is 21.1. The van der Waals surface area contributed by atoms with Gasteiger partial charge in [0, 0.05) is 19.3 Å². The Hall–Kier alpha value is -3.41. The fourth-order valence-electron chi connectivity index (χ4n) is 8.74. The van der Waals surface area contributed by atoms with E-state index in [1.165, 1.54) is 161 Å². The second kappa shape index (κ2) is 61.1. The largest absolute Gasteiger partial charge is 0.462 e. The molecule has 0 aliphatic carbocycles. The van der Waals surface area contributed by atoms with E-state index in [1.54, 1.807) is 0 Å². The molecule has 0 saturated carbocycles. The van der Waals surface area contributed by atoms with Crippen molar-refractivity contribution in [1.82, 2.24) is 0 Å². The minimum absolute atomic E-state index is 0.0792. The molecule has 6 nitrogen and oxygen atoms in total. The average molecular weight is 1020 g/mol. The van der Waals surface area contributed by atoms with Crippen LogP contribution < -0.4 is 0 Å². The summed E-state index contributed by atoms with van der Waals surface area (Å²) in [7, 11) is 0. The van der Waals surface area contributed by atoms with E-state index >= 15 is 0 Å². The maximum Gasteiger partial charge on any atom is 0.306 e. The highest BCUT2D eigenvalue weighted by Gasteiger charge is 2.19. The second-order valence-electron chi connectivity index (χ2n) is 20.6. The van der Waals surface area contributed by atoms with Gasteiger partial charge in [0.05, 0.1) is 0 Å². The Bertz CT molecular complexity index is 1400. The van der Waals surface area contributed by atoms with E-state index in [9.17, 15) is 14.4 Å². The molecule has 0 radical (unpaired) electrons. The van der Waals surface area contributed by atoms with Gasteiger partial charge in [0.15, 0.2) is 6.10 Å². The number of hydrogen-bond donors (Lipinski definition) is 0. The maximum atomic E-state index is 12.9. The van der Waals surface area contributed by atoms with Gasteiger partial charge in [-0.3, -0.25) is 14.4 Å². The number of rotatable bonds is 56. The first-order valence-electron chi connectivity index (χ1n) is 31.1. The summed E-state index contributed by atoms with van der Waals surface area (Å²) >= 11 is 0. The minimum Gasteiger partial charge on any atom is -0.462 e. The van der Waals surface area contributed by atoms with Gasteiger partial charge in [0.25, 0.3) is 0 Å². The molecule has 0 aliphatic heterocycles. The van der Waals surface area contributed by atoms with Crippen LogP contribution in [0.1, 0.15) is 303 Å². The summed E-state index contributed by atoms with van der Waals surface area (Å²) in [5.41, 5.74) is 0. The van der Waals surface area contributed by atoms with E-state index in [2.05, 4.69) is 106 Å². The molecule has 0 spiro atoms. The lowest BCUT2D eigenvalue weighted by Gasteiger charge is -2.18. The molecule has 0 aromatic carbocycles. The molecule has 0 saturated heterocycles. The van der Waals surface area contributed by atoms with Crippen LogP contribution in [0.3, 0.4) is 0 Å². The summed E-state index contributed by atoms with van der Waals surface area (Å²) in [5.74, 6) is -0.883. The lowest BCUT2D eigenvalue weighted by atomic mass is 10.0. The molecule has 1 atom stereocenters. The molecule has 0 fully saturated rings. The van der Waals surface area contributed by atoms with E-state index in [-0.39, 0.29) is 31.1 Å². The number of carbonyl (C=O) groups excluding carboxylic acids is 3. The Morgan fingerprint density at radius 1 is 0.288 bits per heavy atom. The van der Waals surface area contributed by atoms with Crippen LogP contribution in [0.4, 0.5) is 0 Å². The van der Waals surface area contributed by atoms with Crippen LogP contribution in [0.25, 0.3) is 0 Å². The molecule has 0 amide bonds. The highest BCUT2D eigenvalue weighted by atomic mass is 16.6. The zero-order valence-corrected chi connectivity index (χ0v) is 48.1. The molecule has 6 heteroatoms. The monoisotopic (exact) mass is 1020 g/mol. The van der Waals surface area contributed by atoms with Gasteiger partial charge in [-0.15, -0.1) is 0 Å². The standard InChI is InChI=1S/C67H116O6/c1-4-7-10-13-16-19-22-25-27-29-31-32-33-34-36-37-39-42-45-48-51-54-57-60-66(69)72-63-64(62-71-65(68)59-56-53-50-47-44-41-24-21-18-15-12-9-6-3)73-67(70)61-58-55-52-49-46-43-40-38-35-30-28-26-23-20-17-14-11-8-5-2/h7,10,16-17,19-20,25-28,31-32,34,36,64H,4-6,8-9,11-15,18,21-24,29-30,33,35,37-63H2,1-3H3/b10-7-,19-16-,20-17-,27-25-,28-26-,32-31-,36-34-. The number of allylic oxidation sites excluding steroid dienone is 14. The molecule has 0 aromatic heterocycles. The topological polar surface area (TPSA) is 78.9 Å². The van der Waals surface area contributed by atoms with Gasteiger partial charge in [-0.1, -0.05) is 273 Å². The summed E-state index contributed by atoms with van der Waals surface area (Å²) in [6, 6.07) is 0. The number of unbranched alkanes of at least 4 members (excludes halogenated alkanes) is 31. The van der Waals surface area contributed by atoms with E-state index in [0.717, 1.165) is 103 Å². The molecule has 0 heterocycles. The number of carbonyl (C=O) groups is 3. The van der Waals surface area contributed by atoms with Crippen molar-refractivity contribution < 1.29 is 28.6 Å². The van der Waals surface area contributed by atoms with Crippen LogP contribution in [0.2, 0.25) is 0 Å². The predicted molar refractivity (Wildman–Crippen MR) is 316 cm³/mol. The Balaban J connectivity index is 4.36. The summed E-state index contributed by atoms with van der Waals surface area (Å²) in [4.78, 5) is 38.3. The smallest absolute Gasteiger partial charge is 0.306 e. The zero-order chi connectivity index (χ0) is 52.9. The van der Waals surface area contributed by atoms with Crippen LogP contribution in [0.15, 0.2) is 85.1 Å². The number of esters is 3. The summed E-state index contributed by atoms with van der Waals surface area (Å²) in [5, 5.41) is 0. The van der Waals surface area contributed by atoms with E-state index in [0.29, 0.717) is 19.3 Å². The third kappa shape index (κ3) is 59.3. The van der Waals surface area contributed by atoms with Crippen molar-refractivity contribution in [2.24, 2.45) is 0 Å². The van der Waals surface area contributed by atoms with E-state index in [4.69, 9.17) is 14.2 Å². The van der Waals surface area contributed by atoms with E-state index in [1.807, 2.05) is 0 Å². The average Bonchev–Trinajstić information content (AvgIpc) is 3.39. The van der Waals surface area contributed by atoms with Crippen molar-refractivity contribution in [2.45, 2.75) is 309 Å². The van der Waals surface area contributed by atoms with Crippen molar-refractivity contribution in [3.63, 3.8) is 0 Å². The lowest BCUT2D eigenvalue weighted by Crippen LogP contribution is -2.30. The third-order valence-electron chi connectivity index (χ3n) is 13.4. The first kappa shape index (κ1) is 69.6. The Morgan fingerprint density at radius 2 is 0.534 bits per heavy atom. The van der Waals surface area contributed by atoms with Crippen molar-refractivity contribution in [2.75, 3.05) is 13.2 Å². The molecule has 0 N–H and O–H groups in total. The molecular formula is C67H116O6. The quantitative estimate of drug-likeness (QED) is 0.0261. The normalized spacial score (nSPS) is 12.6. The number of hydrogen-bond acceptors (Lipinski definition) is 6.